The van der Waals surface area contributed by atoms with Crippen molar-refractivity contribution in [1.29, 1.82) is 0 Å². The van der Waals surface area contributed by atoms with Crippen LogP contribution in [0.1, 0.15) is 26.2 Å². The molecule has 0 aromatic rings. The molecule has 0 spiro atoms. The molecule has 2 rings (SSSR count). The van der Waals surface area contributed by atoms with Gasteiger partial charge >= 0.3 is 0 Å². The number of hydrogen-bond donors (Lipinski definition) is 1. The summed E-state index contributed by atoms with van der Waals surface area (Å²) in [6.07, 6.45) is 4.07. The van der Waals surface area contributed by atoms with Crippen molar-refractivity contribution in [2.45, 2.75) is 37.8 Å². The molecule has 0 unspecified atom stereocenters. The van der Waals surface area contributed by atoms with Crippen LogP contribution in [-0.4, -0.2) is 18.2 Å². The van der Waals surface area contributed by atoms with Gasteiger partial charge in [0.1, 0.15) is 0 Å². The topological polar surface area (TPSA) is 35.2 Å². The van der Waals surface area contributed by atoms with Gasteiger partial charge in [0.15, 0.2) is 0 Å². The molecule has 10 heavy (non-hydrogen) atoms. The van der Waals surface area contributed by atoms with E-state index in [1.807, 2.05) is 0 Å². The Balaban J connectivity index is 2.05. The van der Waals surface area contributed by atoms with Crippen LogP contribution in [0.4, 0.5) is 0 Å². The SMILES string of the molecule is C[C@@]1(N)CCO[C@@H]1C1CC1. The molecule has 1 heterocycles. The first-order valence-electron chi connectivity index (χ1n) is 4.11. The Morgan fingerprint density at radius 2 is 2.20 bits per heavy atom. The van der Waals surface area contributed by atoms with Gasteiger partial charge < -0.3 is 10.5 Å². The van der Waals surface area contributed by atoms with Gasteiger partial charge in [-0.3, -0.25) is 0 Å². The Morgan fingerprint density at radius 1 is 1.50 bits per heavy atom. The average molecular weight is 141 g/mol. The molecule has 2 heteroatoms. The minimum Gasteiger partial charge on any atom is -0.376 e. The largest absolute Gasteiger partial charge is 0.376 e. The van der Waals surface area contributed by atoms with Crippen molar-refractivity contribution in [2.75, 3.05) is 6.61 Å². The summed E-state index contributed by atoms with van der Waals surface area (Å²) in [6.45, 7) is 2.98. The fraction of sp³-hybridized carbons (Fsp3) is 1.00. The van der Waals surface area contributed by atoms with Crippen molar-refractivity contribution in [3.05, 3.63) is 0 Å². The zero-order valence-corrected chi connectivity index (χ0v) is 6.47. The Hall–Kier alpha value is -0.0800. The van der Waals surface area contributed by atoms with E-state index in [4.69, 9.17) is 10.5 Å². The molecule has 0 amide bonds. The van der Waals surface area contributed by atoms with Crippen molar-refractivity contribution in [2.24, 2.45) is 11.7 Å². The zero-order chi connectivity index (χ0) is 7.19. The van der Waals surface area contributed by atoms with Crippen molar-refractivity contribution in [3.63, 3.8) is 0 Å². The van der Waals surface area contributed by atoms with Gasteiger partial charge in [0.25, 0.3) is 0 Å². The molecule has 1 aliphatic heterocycles. The Bertz CT molecular complexity index is 140. The van der Waals surface area contributed by atoms with E-state index in [0.717, 1.165) is 18.9 Å². The third kappa shape index (κ3) is 0.956. The van der Waals surface area contributed by atoms with Gasteiger partial charge in [-0.05, 0) is 32.1 Å². The molecule has 0 aromatic carbocycles. The number of nitrogens with two attached hydrogens (primary N) is 1. The lowest BCUT2D eigenvalue weighted by molar-refractivity contribution is 0.0674. The van der Waals surface area contributed by atoms with Crippen molar-refractivity contribution >= 4 is 0 Å². The quantitative estimate of drug-likeness (QED) is 0.589. The van der Waals surface area contributed by atoms with Gasteiger partial charge in [0.05, 0.1) is 6.10 Å². The predicted octanol–water partition coefficient (Wildman–Crippen LogP) is 0.903. The van der Waals surface area contributed by atoms with Crippen LogP contribution in [0, 0.1) is 5.92 Å². The van der Waals surface area contributed by atoms with Gasteiger partial charge in [-0.1, -0.05) is 0 Å². The minimum atomic E-state index is -0.0266. The van der Waals surface area contributed by atoms with Gasteiger partial charge in [-0.15, -0.1) is 0 Å². The summed E-state index contributed by atoms with van der Waals surface area (Å²) in [6, 6.07) is 0. The van der Waals surface area contributed by atoms with Crippen LogP contribution in [0.3, 0.4) is 0 Å². The zero-order valence-electron chi connectivity index (χ0n) is 6.47. The van der Waals surface area contributed by atoms with Gasteiger partial charge in [-0.25, -0.2) is 0 Å². The number of rotatable bonds is 1. The summed E-state index contributed by atoms with van der Waals surface area (Å²) in [4.78, 5) is 0. The van der Waals surface area contributed by atoms with Crippen LogP contribution in [0.5, 0.6) is 0 Å². The lowest BCUT2D eigenvalue weighted by Gasteiger charge is -2.24. The monoisotopic (exact) mass is 141 g/mol. The van der Waals surface area contributed by atoms with Crippen molar-refractivity contribution in [3.8, 4) is 0 Å². The van der Waals surface area contributed by atoms with Crippen molar-refractivity contribution < 1.29 is 4.74 Å². The van der Waals surface area contributed by atoms with E-state index in [1.54, 1.807) is 0 Å². The summed E-state index contributed by atoms with van der Waals surface area (Å²) >= 11 is 0. The molecule has 0 radical (unpaired) electrons. The highest BCUT2D eigenvalue weighted by atomic mass is 16.5. The average Bonchev–Trinajstić information content (AvgIpc) is 2.58. The molecule has 2 nitrogen and oxygen atoms in total. The van der Waals surface area contributed by atoms with E-state index in [-0.39, 0.29) is 5.54 Å². The molecule has 2 aliphatic rings. The fourth-order valence-electron chi connectivity index (χ4n) is 1.81. The maximum absolute atomic E-state index is 6.04. The second-order valence-electron chi connectivity index (χ2n) is 3.88. The van der Waals surface area contributed by atoms with E-state index < -0.39 is 0 Å². The first-order valence-corrected chi connectivity index (χ1v) is 4.11. The number of hydrogen-bond acceptors (Lipinski definition) is 2. The minimum absolute atomic E-state index is 0.0266. The van der Waals surface area contributed by atoms with Gasteiger partial charge in [0, 0.05) is 12.1 Å². The van der Waals surface area contributed by atoms with Crippen LogP contribution < -0.4 is 5.73 Å². The molecule has 0 bridgehead atoms. The van der Waals surface area contributed by atoms with Crippen molar-refractivity contribution in [1.82, 2.24) is 0 Å². The van der Waals surface area contributed by atoms with Crippen LogP contribution >= 0.6 is 0 Å². The van der Waals surface area contributed by atoms with Crippen LogP contribution in [0.25, 0.3) is 0 Å². The summed E-state index contributed by atoms with van der Waals surface area (Å²) in [5, 5.41) is 0. The molecular weight excluding hydrogens is 126 g/mol. The first-order chi connectivity index (χ1) is 4.70. The highest BCUT2D eigenvalue weighted by Gasteiger charge is 2.45. The Kier molecular flexibility index (Phi) is 1.29. The van der Waals surface area contributed by atoms with E-state index in [0.29, 0.717) is 6.10 Å². The molecular formula is C8H15NO. The maximum atomic E-state index is 6.04. The van der Waals surface area contributed by atoms with Crippen LogP contribution in [0.2, 0.25) is 0 Å². The first kappa shape index (κ1) is 6.62. The van der Waals surface area contributed by atoms with E-state index in [9.17, 15) is 0 Å². The molecule has 1 saturated carbocycles. The second kappa shape index (κ2) is 1.95. The fourth-order valence-corrected chi connectivity index (χ4v) is 1.81. The highest BCUT2D eigenvalue weighted by molar-refractivity contribution is 5.00. The molecule has 1 saturated heterocycles. The third-order valence-corrected chi connectivity index (χ3v) is 2.64. The van der Waals surface area contributed by atoms with E-state index in [2.05, 4.69) is 6.92 Å². The molecule has 2 atom stereocenters. The van der Waals surface area contributed by atoms with Crippen LogP contribution in [0.15, 0.2) is 0 Å². The maximum Gasteiger partial charge on any atom is 0.0780 e. The predicted molar refractivity (Wildman–Crippen MR) is 39.7 cm³/mol. The van der Waals surface area contributed by atoms with Crippen LogP contribution in [-0.2, 0) is 4.74 Å². The molecule has 2 fully saturated rings. The lowest BCUT2D eigenvalue weighted by atomic mass is 9.92. The molecule has 2 N–H and O–H groups in total. The molecule has 1 aliphatic carbocycles. The Labute approximate surface area is 61.7 Å². The van der Waals surface area contributed by atoms with E-state index >= 15 is 0 Å². The van der Waals surface area contributed by atoms with Gasteiger partial charge in [-0.2, -0.15) is 0 Å². The summed E-state index contributed by atoms with van der Waals surface area (Å²) in [5.41, 5.74) is 6.01. The standard InChI is InChI=1S/C8H15NO/c1-8(9)4-5-10-7(8)6-2-3-6/h6-7H,2-5,9H2,1H3/t7-,8-/m1/s1. The highest BCUT2D eigenvalue weighted by Crippen LogP contribution is 2.41. The third-order valence-electron chi connectivity index (χ3n) is 2.64. The Morgan fingerprint density at radius 3 is 2.60 bits per heavy atom. The molecule has 58 valence electrons. The smallest absolute Gasteiger partial charge is 0.0780 e. The number of ether oxygens (including phenoxy) is 1. The second-order valence-corrected chi connectivity index (χ2v) is 3.88. The molecule has 0 aromatic heterocycles. The van der Waals surface area contributed by atoms with Gasteiger partial charge in [0.2, 0.25) is 0 Å². The summed E-state index contributed by atoms with van der Waals surface area (Å²) in [5.74, 6) is 0.789. The normalized spacial score (nSPS) is 48.0. The summed E-state index contributed by atoms with van der Waals surface area (Å²) < 4.78 is 5.57. The lowest BCUT2D eigenvalue weighted by Crippen LogP contribution is -2.45. The van der Waals surface area contributed by atoms with E-state index in [1.165, 1.54) is 12.8 Å². The summed E-state index contributed by atoms with van der Waals surface area (Å²) in [7, 11) is 0.